The minimum absolute atomic E-state index is 0.103. The maximum absolute atomic E-state index is 11.8. The Hall–Kier alpha value is -0.150. The van der Waals surface area contributed by atoms with Crippen molar-refractivity contribution < 1.29 is 24.6 Å². The average Bonchev–Trinajstić information content (AvgIpc) is 2.91. The normalized spacial score (nSPS) is 11.0. The van der Waals surface area contributed by atoms with Gasteiger partial charge in [-0.15, -0.1) is 0 Å². The molecule has 0 saturated carbocycles. The molecule has 0 spiro atoms. The first-order valence-electron chi connectivity index (χ1n) is 14.1. The molecule has 1 amide bonds. The van der Waals surface area contributed by atoms with Crippen molar-refractivity contribution in [2.24, 2.45) is 0 Å². The van der Waals surface area contributed by atoms with E-state index in [1.807, 2.05) is 0 Å². The summed E-state index contributed by atoms with van der Waals surface area (Å²) in [5, 5.41) is 23.1. The maximum atomic E-state index is 11.8. The van der Waals surface area contributed by atoms with Gasteiger partial charge in [-0.3, -0.25) is 19.5 Å². The average molecular weight is 617 g/mol. The summed E-state index contributed by atoms with van der Waals surface area (Å²) in [6.07, 6.45) is 25.3. The van der Waals surface area contributed by atoms with Gasteiger partial charge >= 0.3 is 11.9 Å². The highest BCUT2D eigenvalue weighted by Gasteiger charge is 2.13. The Morgan fingerprint density at radius 2 is 1.08 bits per heavy atom. The molecule has 0 rings (SSSR count). The van der Waals surface area contributed by atoms with Gasteiger partial charge in [0.25, 0.3) is 0 Å². The molecule has 0 radical (unpaired) electrons. The van der Waals surface area contributed by atoms with Crippen LogP contribution in [-0.4, -0.2) is 59.4 Å². The van der Waals surface area contributed by atoms with Crippen LogP contribution in [0, 0.1) is 0 Å². The number of carboxylic acids is 2. The van der Waals surface area contributed by atoms with E-state index in [9.17, 15) is 14.4 Å². The number of carboxylic acid groups (broad SMARTS) is 2. The second-order valence-electron chi connectivity index (χ2n) is 9.08. The van der Waals surface area contributed by atoms with Crippen molar-refractivity contribution in [1.29, 1.82) is 0 Å². The van der Waals surface area contributed by atoms with E-state index in [1.165, 1.54) is 57.8 Å². The number of unbranched alkanes of at least 4 members (excludes halogenated alkanes) is 14. The van der Waals surface area contributed by atoms with Gasteiger partial charge in [0.05, 0.1) is 0 Å². The van der Waals surface area contributed by atoms with Gasteiger partial charge < -0.3 is 15.5 Å². The molecule has 2 atom stereocenters. The fourth-order valence-electron chi connectivity index (χ4n) is 3.75. The number of hydrogen-bond donors (Lipinski definition) is 5. The second kappa shape index (κ2) is 36.8. The van der Waals surface area contributed by atoms with Crippen molar-refractivity contribution in [3.05, 3.63) is 0 Å². The molecule has 0 aromatic carbocycles. The highest BCUT2D eigenvalue weighted by Crippen LogP contribution is 2.14. The summed E-state index contributed by atoms with van der Waals surface area (Å²) in [4.78, 5) is 33.1. The SMILES string of the molecule is CS.CSSC.O=C(O)CCCCCCCCCCCCCCCCC(=O)NCCCCC(NP)C(=O)O. The van der Waals surface area contributed by atoms with Gasteiger partial charge in [-0.25, -0.2) is 0 Å². The molecule has 0 aliphatic rings. The summed E-state index contributed by atoms with van der Waals surface area (Å²) < 4.78 is 0. The van der Waals surface area contributed by atoms with Crippen molar-refractivity contribution in [2.75, 3.05) is 25.3 Å². The van der Waals surface area contributed by atoms with Crippen LogP contribution in [0.1, 0.15) is 122 Å². The van der Waals surface area contributed by atoms with Gasteiger partial charge in [-0.2, -0.15) is 12.6 Å². The fourth-order valence-corrected chi connectivity index (χ4v) is 4.06. The van der Waals surface area contributed by atoms with Crippen LogP contribution in [-0.2, 0) is 14.4 Å². The summed E-state index contributed by atoms with van der Waals surface area (Å²) in [5.41, 5.74) is 0. The van der Waals surface area contributed by atoms with E-state index in [4.69, 9.17) is 10.2 Å². The molecule has 228 valence electrons. The van der Waals surface area contributed by atoms with Crippen LogP contribution in [0.2, 0.25) is 0 Å². The molecule has 0 aromatic rings. The minimum Gasteiger partial charge on any atom is -0.481 e. The summed E-state index contributed by atoms with van der Waals surface area (Å²) in [6, 6.07) is -0.538. The standard InChI is InChI=1S/C24H47N2O5P.C2H6S2.CH4S/c27-22(25-20-16-15-17-21(26-32)24(30)31)18-13-11-9-7-5-3-1-2-4-6-8-10-12-14-19-23(28)29;1-3-4-2;1-2/h21,26H,1-20,32H2,(H,25,27)(H,28,29)(H,30,31);1-2H3;2H,1H3. The van der Waals surface area contributed by atoms with Crippen molar-refractivity contribution in [2.45, 2.75) is 128 Å². The lowest BCUT2D eigenvalue weighted by atomic mass is 10.0. The highest BCUT2D eigenvalue weighted by atomic mass is 33.1. The maximum Gasteiger partial charge on any atom is 0.320 e. The Balaban J connectivity index is -0.00000185. The number of nitrogens with one attached hydrogen (secondary N) is 2. The van der Waals surface area contributed by atoms with Crippen LogP contribution < -0.4 is 10.4 Å². The van der Waals surface area contributed by atoms with Crippen LogP contribution >= 0.6 is 43.6 Å². The van der Waals surface area contributed by atoms with Crippen LogP contribution in [0.4, 0.5) is 0 Å². The molecule has 11 heteroatoms. The Morgan fingerprint density at radius 3 is 1.42 bits per heavy atom. The molecular weight excluding hydrogens is 559 g/mol. The zero-order valence-corrected chi connectivity index (χ0v) is 27.9. The summed E-state index contributed by atoms with van der Waals surface area (Å²) >= 11 is 3.53. The predicted octanol–water partition coefficient (Wildman–Crippen LogP) is 7.61. The molecule has 0 fully saturated rings. The van der Waals surface area contributed by atoms with Gasteiger partial charge in [0.1, 0.15) is 6.04 Å². The molecule has 38 heavy (non-hydrogen) atoms. The van der Waals surface area contributed by atoms with Crippen LogP contribution in [0.5, 0.6) is 0 Å². The second-order valence-corrected chi connectivity index (χ2v) is 12.1. The smallest absolute Gasteiger partial charge is 0.320 e. The molecule has 7 nitrogen and oxygen atoms in total. The van der Waals surface area contributed by atoms with E-state index < -0.39 is 18.0 Å². The van der Waals surface area contributed by atoms with Crippen LogP contribution in [0.3, 0.4) is 0 Å². The Bertz CT molecular complexity index is 533. The lowest BCUT2D eigenvalue weighted by molar-refractivity contribution is -0.139. The Kier molecular flexibility index (Phi) is 41.0. The van der Waals surface area contributed by atoms with E-state index >= 15 is 0 Å². The molecule has 0 aliphatic heterocycles. The van der Waals surface area contributed by atoms with Crippen LogP contribution in [0.25, 0.3) is 0 Å². The van der Waals surface area contributed by atoms with Gasteiger partial charge in [-0.1, -0.05) is 108 Å². The summed E-state index contributed by atoms with van der Waals surface area (Å²) in [6.45, 7) is 0.618. The minimum atomic E-state index is -0.845. The first-order chi connectivity index (χ1) is 18.4. The van der Waals surface area contributed by atoms with Crippen molar-refractivity contribution in [3.63, 3.8) is 0 Å². The van der Waals surface area contributed by atoms with Crippen molar-refractivity contribution >= 4 is 61.5 Å². The van der Waals surface area contributed by atoms with E-state index in [-0.39, 0.29) is 5.91 Å². The van der Waals surface area contributed by atoms with Gasteiger partial charge in [-0.05, 0) is 50.9 Å². The highest BCUT2D eigenvalue weighted by molar-refractivity contribution is 8.76. The lowest BCUT2D eigenvalue weighted by Crippen LogP contribution is -2.30. The largest absolute Gasteiger partial charge is 0.481 e. The third kappa shape index (κ3) is 38.0. The molecule has 0 heterocycles. The topological polar surface area (TPSA) is 116 Å². The Labute approximate surface area is 249 Å². The number of thiol groups is 1. The first-order valence-corrected chi connectivity index (χ1v) is 18.5. The molecule has 0 aliphatic carbocycles. The van der Waals surface area contributed by atoms with Gasteiger partial charge in [0.15, 0.2) is 0 Å². The lowest BCUT2D eigenvalue weighted by Gasteiger charge is -2.10. The monoisotopic (exact) mass is 616 g/mol. The summed E-state index contributed by atoms with van der Waals surface area (Å²) in [7, 11) is 5.79. The molecule has 4 N–H and O–H groups in total. The number of aliphatic carboxylic acids is 2. The fraction of sp³-hybridized carbons (Fsp3) is 0.889. The van der Waals surface area contributed by atoms with Gasteiger partial charge in [0.2, 0.25) is 5.91 Å². The van der Waals surface area contributed by atoms with Crippen molar-refractivity contribution in [3.8, 4) is 0 Å². The molecule has 2 unspecified atom stereocenters. The molecule has 0 aromatic heterocycles. The first kappa shape index (κ1) is 42.3. The van der Waals surface area contributed by atoms with E-state index in [0.29, 0.717) is 25.8 Å². The van der Waals surface area contributed by atoms with Gasteiger partial charge in [0, 0.05) is 19.4 Å². The number of hydrogen-bond acceptors (Lipinski definition) is 7. The number of carbonyl (C=O) groups is 3. The third-order valence-electron chi connectivity index (χ3n) is 5.95. The molecule has 0 bridgehead atoms. The van der Waals surface area contributed by atoms with Crippen LogP contribution in [0.15, 0.2) is 0 Å². The zero-order chi connectivity index (χ0) is 29.3. The Morgan fingerprint density at radius 1 is 0.684 bits per heavy atom. The number of amides is 1. The number of rotatable bonds is 25. The quantitative estimate of drug-likeness (QED) is 0.0308. The van der Waals surface area contributed by atoms with E-state index in [2.05, 4.69) is 44.9 Å². The molecule has 0 saturated heterocycles. The third-order valence-corrected chi connectivity index (χ3v) is 7.69. The summed E-state index contributed by atoms with van der Waals surface area (Å²) in [5.74, 6) is -1.43. The number of carbonyl (C=O) groups excluding carboxylic acids is 1. The van der Waals surface area contributed by atoms with Crippen molar-refractivity contribution in [1.82, 2.24) is 10.4 Å². The zero-order valence-electron chi connectivity index (χ0n) is 24.2. The predicted molar refractivity (Wildman–Crippen MR) is 175 cm³/mol. The van der Waals surface area contributed by atoms with E-state index in [0.717, 1.165) is 44.9 Å². The molecular formula is C27H57N2O5PS3. The van der Waals surface area contributed by atoms with E-state index in [1.54, 1.807) is 27.8 Å².